The zero-order valence-corrected chi connectivity index (χ0v) is 13.7. The van der Waals surface area contributed by atoms with Crippen molar-refractivity contribution >= 4 is 21.4 Å². The molecule has 0 aliphatic heterocycles. The van der Waals surface area contributed by atoms with Crippen molar-refractivity contribution in [2.75, 3.05) is 11.8 Å². The number of nitrogens with one attached hydrogen (secondary N) is 1. The summed E-state index contributed by atoms with van der Waals surface area (Å²) in [6.07, 6.45) is 0. The van der Waals surface area contributed by atoms with Crippen LogP contribution in [0.1, 0.15) is 11.1 Å². The summed E-state index contributed by atoms with van der Waals surface area (Å²) in [5.41, 5.74) is 1.62. The Morgan fingerprint density at radius 3 is 2.26 bits per heavy atom. The first-order valence-corrected chi connectivity index (χ1v) is 8.16. The number of anilines is 1. The lowest BCUT2D eigenvalue weighted by atomic mass is 10.1. The molecule has 122 valence electrons. The zero-order chi connectivity index (χ0) is 17.2. The second kappa shape index (κ2) is 6.25. The highest BCUT2D eigenvalue weighted by Gasteiger charge is 2.24. The van der Waals surface area contributed by atoms with Crippen LogP contribution in [0.25, 0.3) is 0 Å². The van der Waals surface area contributed by atoms with E-state index in [-0.39, 0.29) is 16.3 Å². The van der Waals surface area contributed by atoms with Crippen LogP contribution in [-0.4, -0.2) is 20.5 Å². The fourth-order valence-electron chi connectivity index (χ4n) is 2.15. The molecule has 2 aromatic carbocycles. The van der Waals surface area contributed by atoms with Gasteiger partial charge in [0.1, 0.15) is 10.6 Å². The van der Waals surface area contributed by atoms with E-state index in [9.17, 15) is 18.5 Å². The Morgan fingerprint density at radius 2 is 1.74 bits per heavy atom. The lowest BCUT2D eigenvalue weighted by Crippen LogP contribution is -2.16. The van der Waals surface area contributed by atoms with Gasteiger partial charge in [0, 0.05) is 12.1 Å². The number of methoxy groups -OCH3 is 1. The second-order valence-corrected chi connectivity index (χ2v) is 6.62. The molecule has 0 bridgehead atoms. The van der Waals surface area contributed by atoms with Gasteiger partial charge in [-0.1, -0.05) is 18.2 Å². The molecule has 1 N–H and O–H groups in total. The van der Waals surface area contributed by atoms with Crippen LogP contribution in [0.5, 0.6) is 5.75 Å². The molecule has 8 heteroatoms. The Kier molecular flexibility index (Phi) is 4.55. The quantitative estimate of drug-likeness (QED) is 0.668. The maximum Gasteiger partial charge on any atom is 0.271 e. The van der Waals surface area contributed by atoms with Gasteiger partial charge in [0.2, 0.25) is 0 Å². The van der Waals surface area contributed by atoms with Gasteiger partial charge in [-0.05, 0) is 31.0 Å². The van der Waals surface area contributed by atoms with E-state index in [2.05, 4.69) is 4.72 Å². The molecule has 0 aliphatic rings. The molecule has 0 aromatic heterocycles. The number of para-hydroxylation sites is 1. The molecular formula is C15H16N2O5S. The first-order valence-electron chi connectivity index (χ1n) is 6.67. The van der Waals surface area contributed by atoms with Crippen molar-refractivity contribution in [2.24, 2.45) is 0 Å². The molecule has 0 aliphatic carbocycles. The van der Waals surface area contributed by atoms with Crippen molar-refractivity contribution in [3.8, 4) is 5.75 Å². The Hall–Kier alpha value is -2.61. The van der Waals surface area contributed by atoms with Gasteiger partial charge in [-0.15, -0.1) is 0 Å². The molecule has 0 heterocycles. The van der Waals surface area contributed by atoms with Gasteiger partial charge < -0.3 is 4.74 Å². The number of nitro benzene ring substituents is 1. The molecule has 2 rings (SSSR count). The van der Waals surface area contributed by atoms with Crippen molar-refractivity contribution in [1.29, 1.82) is 0 Å². The van der Waals surface area contributed by atoms with Gasteiger partial charge in [-0.2, -0.15) is 0 Å². The van der Waals surface area contributed by atoms with Gasteiger partial charge in [0.25, 0.3) is 15.7 Å². The first-order chi connectivity index (χ1) is 10.8. The van der Waals surface area contributed by atoms with Crippen molar-refractivity contribution in [1.82, 2.24) is 0 Å². The van der Waals surface area contributed by atoms with Crippen molar-refractivity contribution in [3.05, 3.63) is 57.6 Å². The standard InChI is InChI=1S/C15H16N2O5S/c1-10-5-4-6-11(2)15(10)16-23(20,21)14-9-12(17(18)19)7-8-13(14)22-3/h4-9,16H,1-3H3. The predicted molar refractivity (Wildman–Crippen MR) is 86.4 cm³/mol. The lowest BCUT2D eigenvalue weighted by molar-refractivity contribution is -0.385. The number of nitro groups is 1. The first kappa shape index (κ1) is 16.8. The van der Waals surface area contributed by atoms with Crippen molar-refractivity contribution in [2.45, 2.75) is 18.7 Å². The lowest BCUT2D eigenvalue weighted by Gasteiger charge is -2.14. The number of sulfonamides is 1. The van der Waals surface area contributed by atoms with E-state index >= 15 is 0 Å². The van der Waals surface area contributed by atoms with E-state index in [1.54, 1.807) is 26.0 Å². The minimum absolute atomic E-state index is 0.0364. The number of hydrogen-bond acceptors (Lipinski definition) is 5. The summed E-state index contributed by atoms with van der Waals surface area (Å²) in [5, 5.41) is 10.9. The van der Waals surface area contributed by atoms with Gasteiger partial charge in [-0.25, -0.2) is 8.42 Å². The number of rotatable bonds is 5. The highest BCUT2D eigenvalue weighted by molar-refractivity contribution is 7.92. The van der Waals surface area contributed by atoms with E-state index in [4.69, 9.17) is 4.74 Å². The molecular weight excluding hydrogens is 320 g/mol. The number of non-ortho nitro benzene ring substituents is 1. The van der Waals surface area contributed by atoms with E-state index in [1.165, 1.54) is 19.2 Å². The minimum Gasteiger partial charge on any atom is -0.495 e. The Balaban J connectivity index is 2.55. The number of hydrogen-bond donors (Lipinski definition) is 1. The molecule has 7 nitrogen and oxygen atoms in total. The van der Waals surface area contributed by atoms with Crippen molar-refractivity contribution in [3.63, 3.8) is 0 Å². The van der Waals surface area contributed by atoms with Gasteiger partial charge in [0.15, 0.2) is 0 Å². The van der Waals surface area contributed by atoms with E-state index in [0.29, 0.717) is 5.69 Å². The van der Waals surface area contributed by atoms with E-state index < -0.39 is 14.9 Å². The summed E-state index contributed by atoms with van der Waals surface area (Å²) >= 11 is 0. The molecule has 0 saturated heterocycles. The third-order valence-corrected chi connectivity index (χ3v) is 4.74. The van der Waals surface area contributed by atoms with Crippen LogP contribution < -0.4 is 9.46 Å². The summed E-state index contributed by atoms with van der Waals surface area (Å²) in [4.78, 5) is 9.96. The third-order valence-electron chi connectivity index (χ3n) is 3.37. The van der Waals surface area contributed by atoms with Crippen LogP contribution in [0.2, 0.25) is 0 Å². The second-order valence-electron chi connectivity index (χ2n) is 4.96. The molecule has 0 atom stereocenters. The fraction of sp³-hybridized carbons (Fsp3) is 0.200. The third kappa shape index (κ3) is 3.42. The van der Waals surface area contributed by atoms with Crippen molar-refractivity contribution < 1.29 is 18.1 Å². The number of nitrogens with zero attached hydrogens (tertiary/aromatic N) is 1. The fourth-order valence-corrected chi connectivity index (χ4v) is 3.55. The summed E-state index contributed by atoms with van der Waals surface area (Å²) in [6.45, 7) is 3.55. The Labute approximate surface area is 134 Å². The normalized spacial score (nSPS) is 11.1. The molecule has 0 saturated carbocycles. The number of benzene rings is 2. The van der Waals surface area contributed by atoms with Gasteiger partial charge in [0.05, 0.1) is 17.7 Å². The largest absolute Gasteiger partial charge is 0.495 e. The van der Waals surface area contributed by atoms with Crippen LogP contribution in [-0.2, 0) is 10.0 Å². The maximum atomic E-state index is 12.6. The highest BCUT2D eigenvalue weighted by atomic mass is 32.2. The van der Waals surface area contributed by atoms with E-state index in [1.807, 2.05) is 6.07 Å². The molecule has 0 fully saturated rings. The molecule has 0 unspecified atom stereocenters. The molecule has 0 amide bonds. The average molecular weight is 336 g/mol. The van der Waals surface area contributed by atoms with Crippen LogP contribution in [0.15, 0.2) is 41.3 Å². The molecule has 0 radical (unpaired) electrons. The smallest absolute Gasteiger partial charge is 0.271 e. The topological polar surface area (TPSA) is 98.5 Å². The van der Waals surface area contributed by atoms with Crippen LogP contribution in [0, 0.1) is 24.0 Å². The summed E-state index contributed by atoms with van der Waals surface area (Å²) in [7, 11) is -2.73. The molecule has 2 aromatic rings. The Bertz CT molecular complexity index is 842. The van der Waals surface area contributed by atoms with Crippen LogP contribution >= 0.6 is 0 Å². The van der Waals surface area contributed by atoms with Crippen LogP contribution in [0.3, 0.4) is 0 Å². The monoisotopic (exact) mass is 336 g/mol. The van der Waals surface area contributed by atoms with Gasteiger partial charge in [-0.3, -0.25) is 14.8 Å². The zero-order valence-electron chi connectivity index (χ0n) is 12.9. The summed E-state index contributed by atoms with van der Waals surface area (Å²) < 4.78 is 32.8. The van der Waals surface area contributed by atoms with E-state index in [0.717, 1.165) is 17.2 Å². The number of ether oxygens (including phenoxy) is 1. The van der Waals surface area contributed by atoms with Crippen LogP contribution in [0.4, 0.5) is 11.4 Å². The highest BCUT2D eigenvalue weighted by Crippen LogP contribution is 2.31. The number of aryl methyl sites for hydroxylation is 2. The SMILES string of the molecule is COc1ccc([N+](=O)[O-])cc1S(=O)(=O)Nc1c(C)cccc1C. The molecule has 23 heavy (non-hydrogen) atoms. The average Bonchev–Trinajstić information content (AvgIpc) is 2.50. The van der Waals surface area contributed by atoms with Gasteiger partial charge >= 0.3 is 0 Å². The summed E-state index contributed by atoms with van der Waals surface area (Å²) in [6, 6.07) is 8.80. The summed E-state index contributed by atoms with van der Waals surface area (Å²) in [5.74, 6) is 0.0364. The minimum atomic E-state index is -4.04. The maximum absolute atomic E-state index is 12.6. The predicted octanol–water partition coefficient (Wildman–Crippen LogP) is 3.02. The Morgan fingerprint density at radius 1 is 1.13 bits per heavy atom. The molecule has 0 spiro atoms.